The number of hydrogen-bond donors (Lipinski definition) is 0. The van der Waals surface area contributed by atoms with E-state index in [2.05, 4.69) is 20.8 Å². The number of hydrogen-bond acceptors (Lipinski definition) is 0. The molecule has 0 heteroatoms. The van der Waals surface area contributed by atoms with Crippen molar-refractivity contribution in [3.8, 4) is 0 Å². The molecule has 0 spiro atoms. The van der Waals surface area contributed by atoms with Gasteiger partial charge in [-0.05, 0) is 24.2 Å². The molecule has 1 aliphatic rings. The molecular formula is C12H24. The smallest absolute Gasteiger partial charge is 0.0391 e. The molecule has 12 heavy (non-hydrogen) atoms. The van der Waals surface area contributed by atoms with Crippen molar-refractivity contribution in [3.05, 3.63) is 0 Å². The van der Waals surface area contributed by atoms with E-state index in [-0.39, 0.29) is 0 Å². The lowest BCUT2D eigenvalue weighted by Gasteiger charge is -2.25. The van der Waals surface area contributed by atoms with Crippen molar-refractivity contribution in [1.29, 1.82) is 0 Å². The molecule has 1 aliphatic carbocycles. The highest BCUT2D eigenvalue weighted by Gasteiger charge is 2.16. The van der Waals surface area contributed by atoms with E-state index in [1.807, 2.05) is 0 Å². The van der Waals surface area contributed by atoms with E-state index in [0.29, 0.717) is 0 Å². The van der Waals surface area contributed by atoms with E-state index < -0.39 is 0 Å². The van der Waals surface area contributed by atoms with E-state index in [0.717, 1.165) is 17.8 Å². The zero-order valence-electron chi connectivity index (χ0n) is 8.97. The predicted molar refractivity (Wildman–Crippen MR) is 55.2 cm³/mol. The molecule has 0 aromatic heterocycles. The summed E-state index contributed by atoms with van der Waals surface area (Å²) in [5.74, 6) is 2.93. The molecule has 0 radical (unpaired) electrons. The minimum absolute atomic E-state index is 0.912. The third kappa shape index (κ3) is 3.16. The van der Waals surface area contributed by atoms with Gasteiger partial charge < -0.3 is 0 Å². The molecule has 0 N–H and O–H groups in total. The van der Waals surface area contributed by atoms with Gasteiger partial charge in [0.15, 0.2) is 0 Å². The fraction of sp³-hybridized carbons (Fsp3) is 1.00. The lowest BCUT2D eigenvalue weighted by Crippen LogP contribution is -2.13. The Hall–Kier alpha value is 0. The highest BCUT2D eigenvalue weighted by Crippen LogP contribution is 2.30. The van der Waals surface area contributed by atoms with Crippen molar-refractivity contribution in [1.82, 2.24) is 0 Å². The van der Waals surface area contributed by atoms with Crippen LogP contribution in [0.3, 0.4) is 0 Å². The first-order valence-corrected chi connectivity index (χ1v) is 5.70. The van der Waals surface area contributed by atoms with Gasteiger partial charge in [-0.25, -0.2) is 0 Å². The summed E-state index contributed by atoms with van der Waals surface area (Å²) in [6.45, 7) is 7.19. The van der Waals surface area contributed by atoms with Crippen molar-refractivity contribution in [2.75, 3.05) is 0 Å². The quantitative estimate of drug-likeness (QED) is 0.549. The van der Waals surface area contributed by atoms with Gasteiger partial charge in [0.1, 0.15) is 0 Å². The summed E-state index contributed by atoms with van der Waals surface area (Å²) in [6.07, 6.45) is 8.88. The van der Waals surface area contributed by atoms with E-state index in [1.165, 1.54) is 38.5 Å². The van der Waals surface area contributed by atoms with Crippen LogP contribution in [0.25, 0.3) is 0 Å². The van der Waals surface area contributed by atoms with Crippen molar-refractivity contribution in [2.45, 2.75) is 59.3 Å². The van der Waals surface area contributed by atoms with Gasteiger partial charge in [0.2, 0.25) is 0 Å². The highest BCUT2D eigenvalue weighted by atomic mass is 14.2. The average molecular weight is 168 g/mol. The Labute approximate surface area is 77.7 Å². The maximum Gasteiger partial charge on any atom is -0.0391 e. The molecular weight excluding hydrogens is 144 g/mol. The van der Waals surface area contributed by atoms with Crippen LogP contribution >= 0.6 is 0 Å². The van der Waals surface area contributed by atoms with Crippen LogP contribution in [0.4, 0.5) is 0 Å². The van der Waals surface area contributed by atoms with E-state index in [9.17, 15) is 0 Å². The molecule has 2 atom stereocenters. The lowest BCUT2D eigenvalue weighted by molar-refractivity contribution is 0.268. The van der Waals surface area contributed by atoms with Crippen LogP contribution in [0.1, 0.15) is 59.3 Å². The van der Waals surface area contributed by atoms with Crippen LogP contribution in [0.2, 0.25) is 0 Å². The van der Waals surface area contributed by atoms with Gasteiger partial charge in [0.25, 0.3) is 0 Å². The van der Waals surface area contributed by atoms with Crippen LogP contribution in [0, 0.1) is 17.8 Å². The predicted octanol–water partition coefficient (Wildman–Crippen LogP) is 4.25. The van der Waals surface area contributed by atoms with Crippen LogP contribution in [0.5, 0.6) is 0 Å². The van der Waals surface area contributed by atoms with Crippen LogP contribution in [0.15, 0.2) is 0 Å². The van der Waals surface area contributed by atoms with E-state index in [4.69, 9.17) is 0 Å². The summed E-state index contributed by atoms with van der Waals surface area (Å²) in [7, 11) is 0. The van der Waals surface area contributed by atoms with Gasteiger partial charge in [-0.15, -0.1) is 0 Å². The number of rotatable bonds is 1. The molecule has 0 aliphatic heterocycles. The fourth-order valence-corrected chi connectivity index (χ4v) is 2.35. The van der Waals surface area contributed by atoms with Crippen LogP contribution in [-0.2, 0) is 0 Å². The molecule has 0 aromatic rings. The molecule has 72 valence electrons. The molecule has 2 unspecified atom stereocenters. The first-order valence-electron chi connectivity index (χ1n) is 5.70. The van der Waals surface area contributed by atoms with Gasteiger partial charge in [-0.1, -0.05) is 52.9 Å². The normalized spacial score (nSPS) is 33.0. The van der Waals surface area contributed by atoms with Crippen LogP contribution < -0.4 is 0 Å². The van der Waals surface area contributed by atoms with Crippen molar-refractivity contribution in [3.63, 3.8) is 0 Å². The first kappa shape index (κ1) is 10.1. The Balaban J connectivity index is 2.34. The van der Waals surface area contributed by atoms with E-state index in [1.54, 1.807) is 0 Å². The highest BCUT2D eigenvalue weighted by molar-refractivity contribution is 4.68. The van der Waals surface area contributed by atoms with Crippen molar-refractivity contribution in [2.24, 2.45) is 17.8 Å². The Bertz CT molecular complexity index is 115. The summed E-state index contributed by atoms with van der Waals surface area (Å²) in [5.41, 5.74) is 0. The molecule has 0 saturated heterocycles. The third-order valence-electron chi connectivity index (χ3n) is 3.49. The van der Waals surface area contributed by atoms with Gasteiger partial charge in [-0.3, -0.25) is 0 Å². The van der Waals surface area contributed by atoms with Crippen molar-refractivity contribution >= 4 is 0 Å². The lowest BCUT2D eigenvalue weighted by atomic mass is 9.81. The second kappa shape index (κ2) is 4.89. The summed E-state index contributed by atoms with van der Waals surface area (Å²) in [4.78, 5) is 0. The Morgan fingerprint density at radius 1 is 0.917 bits per heavy atom. The topological polar surface area (TPSA) is 0 Å². The van der Waals surface area contributed by atoms with E-state index >= 15 is 0 Å². The average Bonchev–Trinajstić information content (AvgIpc) is 1.97. The summed E-state index contributed by atoms with van der Waals surface area (Å²) < 4.78 is 0. The molecule has 0 bridgehead atoms. The third-order valence-corrected chi connectivity index (χ3v) is 3.49. The first-order chi connectivity index (χ1) is 5.70. The Morgan fingerprint density at radius 2 is 1.58 bits per heavy atom. The molecule has 0 heterocycles. The minimum atomic E-state index is 0.912. The summed E-state index contributed by atoms with van der Waals surface area (Å²) in [6, 6.07) is 0. The summed E-state index contributed by atoms with van der Waals surface area (Å²) >= 11 is 0. The van der Waals surface area contributed by atoms with Gasteiger partial charge in [0.05, 0.1) is 0 Å². The Kier molecular flexibility index (Phi) is 4.11. The molecule has 0 aromatic carbocycles. The standard InChI is InChI=1S/C12H24/c1-10(2)12-7-5-4-6-11(3)8-9-12/h10-12H,4-9H2,1-3H3. The zero-order valence-corrected chi connectivity index (χ0v) is 8.97. The largest absolute Gasteiger partial charge is 0.0625 e. The molecule has 0 amide bonds. The maximum absolute atomic E-state index is 2.42. The SMILES string of the molecule is CC1CCCCC(C(C)C)CC1. The molecule has 0 nitrogen and oxygen atoms in total. The maximum atomic E-state index is 2.42. The molecule has 1 rings (SSSR count). The molecule has 1 fully saturated rings. The van der Waals surface area contributed by atoms with Crippen molar-refractivity contribution < 1.29 is 0 Å². The fourth-order valence-electron chi connectivity index (χ4n) is 2.35. The van der Waals surface area contributed by atoms with Gasteiger partial charge >= 0.3 is 0 Å². The van der Waals surface area contributed by atoms with Gasteiger partial charge in [0, 0.05) is 0 Å². The zero-order chi connectivity index (χ0) is 8.97. The molecule has 1 saturated carbocycles. The monoisotopic (exact) mass is 168 g/mol. The Morgan fingerprint density at radius 3 is 2.25 bits per heavy atom. The minimum Gasteiger partial charge on any atom is -0.0625 e. The second-order valence-electron chi connectivity index (χ2n) is 4.97. The van der Waals surface area contributed by atoms with Crippen LogP contribution in [-0.4, -0.2) is 0 Å². The van der Waals surface area contributed by atoms with Gasteiger partial charge in [-0.2, -0.15) is 0 Å². The second-order valence-corrected chi connectivity index (χ2v) is 4.97. The summed E-state index contributed by atoms with van der Waals surface area (Å²) in [5, 5.41) is 0.